The summed E-state index contributed by atoms with van der Waals surface area (Å²) < 4.78 is 33.0. The van der Waals surface area contributed by atoms with Crippen LogP contribution in [0, 0.1) is 0 Å². The Morgan fingerprint density at radius 3 is 2.78 bits per heavy atom. The number of hydrogen-bond donors (Lipinski definition) is 0. The smallest absolute Gasteiger partial charge is 0.272 e. The number of benzene rings is 1. The van der Waals surface area contributed by atoms with Gasteiger partial charge < -0.3 is 9.32 Å². The first-order valence-electron chi connectivity index (χ1n) is 8.66. The number of nitrogens with zero attached hydrogens (tertiary/aromatic N) is 3. The highest BCUT2D eigenvalue weighted by molar-refractivity contribution is 7.92. The number of carbonyl (C=O) groups is 1. The first-order valence-corrected chi connectivity index (χ1v) is 10.2. The summed E-state index contributed by atoms with van der Waals surface area (Å²) in [6, 6.07) is 10.6. The van der Waals surface area contributed by atoms with Crippen LogP contribution < -0.4 is 0 Å². The lowest BCUT2D eigenvalue weighted by molar-refractivity contribution is 0.0780. The Balaban J connectivity index is 1.53. The molecule has 0 bridgehead atoms. The van der Waals surface area contributed by atoms with Gasteiger partial charge in [0.1, 0.15) is 11.5 Å². The summed E-state index contributed by atoms with van der Waals surface area (Å²) in [4.78, 5) is 14.8. The lowest BCUT2D eigenvalue weighted by atomic mass is 9.96. The van der Waals surface area contributed by atoms with Crippen molar-refractivity contribution < 1.29 is 17.6 Å². The number of aromatic nitrogens is 2. The van der Waals surface area contributed by atoms with E-state index in [1.54, 1.807) is 48.7 Å². The van der Waals surface area contributed by atoms with E-state index in [9.17, 15) is 13.2 Å². The number of aryl methyl sites for hydroxylation is 1. The predicted octanol–water partition coefficient (Wildman–Crippen LogP) is 2.08. The third-order valence-electron chi connectivity index (χ3n) is 5.51. The zero-order chi connectivity index (χ0) is 18.8. The van der Waals surface area contributed by atoms with Gasteiger partial charge in [0.05, 0.1) is 16.4 Å². The minimum atomic E-state index is -3.46. The first-order chi connectivity index (χ1) is 13.0. The van der Waals surface area contributed by atoms with Crippen LogP contribution in [0.1, 0.15) is 22.0 Å². The summed E-state index contributed by atoms with van der Waals surface area (Å²) in [7, 11) is -1.76. The number of hydrogen-bond acceptors (Lipinski definition) is 5. The second-order valence-electron chi connectivity index (χ2n) is 6.97. The average molecular weight is 383 g/mol. The standard InChI is InChI=1S/C19H17N3O4S/c1-21-15(6-7-20-21)19(23)22-10-14-13-9-12(16-3-2-8-26-16)4-5-17(13)27(24,25)18(14)11-22/h2-9,14,18H,10-11H2,1H3/t14-,18+/m0/s1. The Hall–Kier alpha value is -2.87. The SMILES string of the molecule is Cn1nccc1C(=O)N1C[C@@H]2[C@@H](C1)c1cc(-c3ccco3)ccc1S2(=O)=O. The molecule has 5 rings (SSSR count). The molecule has 2 atom stereocenters. The molecule has 0 N–H and O–H groups in total. The molecule has 138 valence electrons. The highest BCUT2D eigenvalue weighted by Crippen LogP contribution is 2.46. The van der Waals surface area contributed by atoms with E-state index < -0.39 is 15.1 Å². The molecule has 2 aromatic heterocycles. The summed E-state index contributed by atoms with van der Waals surface area (Å²) in [6.45, 7) is 0.574. The molecule has 0 unspecified atom stereocenters. The fourth-order valence-corrected chi connectivity index (χ4v) is 6.32. The zero-order valence-electron chi connectivity index (χ0n) is 14.6. The minimum Gasteiger partial charge on any atom is -0.464 e. The van der Waals surface area contributed by atoms with Crippen molar-refractivity contribution in [2.24, 2.45) is 7.05 Å². The second kappa shape index (κ2) is 5.56. The van der Waals surface area contributed by atoms with Gasteiger partial charge in [-0.2, -0.15) is 5.10 Å². The molecule has 2 aliphatic heterocycles. The Labute approximate surface area is 156 Å². The van der Waals surface area contributed by atoms with Gasteiger partial charge in [0.15, 0.2) is 9.84 Å². The van der Waals surface area contributed by atoms with E-state index in [4.69, 9.17) is 4.42 Å². The lowest BCUT2D eigenvalue weighted by Crippen LogP contribution is -2.32. The molecule has 0 aliphatic carbocycles. The fourth-order valence-electron chi connectivity index (χ4n) is 4.16. The molecule has 27 heavy (non-hydrogen) atoms. The van der Waals surface area contributed by atoms with E-state index in [1.807, 2.05) is 12.1 Å². The van der Waals surface area contributed by atoms with Gasteiger partial charge in [-0.15, -0.1) is 0 Å². The van der Waals surface area contributed by atoms with E-state index in [0.29, 0.717) is 22.9 Å². The van der Waals surface area contributed by atoms with Crippen LogP contribution in [0.2, 0.25) is 0 Å². The van der Waals surface area contributed by atoms with Crippen LogP contribution in [0.4, 0.5) is 0 Å². The van der Waals surface area contributed by atoms with E-state index in [0.717, 1.165) is 11.1 Å². The van der Waals surface area contributed by atoms with Gasteiger partial charge in [0, 0.05) is 37.8 Å². The van der Waals surface area contributed by atoms with E-state index in [2.05, 4.69) is 5.10 Å². The molecule has 7 nitrogen and oxygen atoms in total. The normalized spacial score (nSPS) is 22.6. The van der Waals surface area contributed by atoms with E-state index in [1.165, 1.54) is 4.68 Å². The van der Waals surface area contributed by atoms with Crippen molar-refractivity contribution in [1.82, 2.24) is 14.7 Å². The number of rotatable bonds is 2. The third-order valence-corrected chi connectivity index (χ3v) is 7.77. The number of fused-ring (bicyclic) bond motifs is 3. The monoisotopic (exact) mass is 383 g/mol. The quantitative estimate of drug-likeness (QED) is 0.676. The van der Waals surface area contributed by atoms with Crippen molar-refractivity contribution in [3.8, 4) is 11.3 Å². The Morgan fingerprint density at radius 1 is 1.22 bits per heavy atom. The number of furan rings is 1. The molecule has 3 aromatic rings. The van der Waals surface area contributed by atoms with Crippen molar-refractivity contribution in [1.29, 1.82) is 0 Å². The Bertz CT molecular complexity index is 1150. The molecule has 1 amide bonds. The van der Waals surface area contributed by atoms with Gasteiger partial charge in [-0.25, -0.2) is 8.42 Å². The molecule has 2 aliphatic rings. The van der Waals surface area contributed by atoms with Gasteiger partial charge >= 0.3 is 0 Å². The molecule has 1 saturated heterocycles. The van der Waals surface area contributed by atoms with Gasteiger partial charge in [0.2, 0.25) is 0 Å². The summed E-state index contributed by atoms with van der Waals surface area (Å²) in [5.41, 5.74) is 2.07. The van der Waals surface area contributed by atoms with Crippen LogP contribution in [0.5, 0.6) is 0 Å². The van der Waals surface area contributed by atoms with Crippen molar-refractivity contribution >= 4 is 15.7 Å². The fraction of sp³-hybridized carbons (Fsp3) is 0.263. The predicted molar refractivity (Wildman–Crippen MR) is 97.0 cm³/mol. The number of sulfone groups is 1. The summed E-state index contributed by atoms with van der Waals surface area (Å²) >= 11 is 0. The maximum atomic E-state index is 13.0. The molecular formula is C19H17N3O4S. The zero-order valence-corrected chi connectivity index (χ0v) is 15.4. The van der Waals surface area contributed by atoms with Crippen molar-refractivity contribution in [3.63, 3.8) is 0 Å². The molecule has 0 saturated carbocycles. The van der Waals surface area contributed by atoms with Crippen LogP contribution in [-0.2, 0) is 16.9 Å². The summed E-state index contributed by atoms with van der Waals surface area (Å²) in [5.74, 6) is 0.278. The number of likely N-dealkylation sites (tertiary alicyclic amines) is 1. The number of carbonyl (C=O) groups excluding carboxylic acids is 1. The Kier molecular flexibility index (Phi) is 3.36. The van der Waals surface area contributed by atoms with E-state index in [-0.39, 0.29) is 18.4 Å². The average Bonchev–Trinajstić information content (AvgIpc) is 3.42. The topological polar surface area (TPSA) is 85.4 Å². The molecule has 0 spiro atoms. The largest absolute Gasteiger partial charge is 0.464 e. The minimum absolute atomic E-state index is 0.191. The van der Waals surface area contributed by atoms with Crippen molar-refractivity contribution in [2.75, 3.05) is 13.1 Å². The van der Waals surface area contributed by atoms with Crippen LogP contribution in [0.15, 0.2) is 58.2 Å². The molecule has 8 heteroatoms. The second-order valence-corrected chi connectivity index (χ2v) is 9.11. The molecule has 0 radical (unpaired) electrons. The van der Waals surface area contributed by atoms with Gasteiger partial charge in [0.25, 0.3) is 5.91 Å². The van der Waals surface area contributed by atoms with Crippen molar-refractivity contribution in [3.05, 3.63) is 60.1 Å². The van der Waals surface area contributed by atoms with Crippen LogP contribution in [0.3, 0.4) is 0 Å². The Morgan fingerprint density at radius 2 is 2.07 bits per heavy atom. The van der Waals surface area contributed by atoms with Gasteiger partial charge in [-0.1, -0.05) is 0 Å². The first kappa shape index (κ1) is 16.3. The van der Waals surface area contributed by atoms with Gasteiger partial charge in [-0.3, -0.25) is 9.48 Å². The lowest BCUT2D eigenvalue weighted by Gasteiger charge is -2.18. The van der Waals surface area contributed by atoms with Crippen LogP contribution in [-0.4, -0.2) is 47.3 Å². The van der Waals surface area contributed by atoms with E-state index >= 15 is 0 Å². The highest BCUT2D eigenvalue weighted by Gasteiger charge is 2.51. The maximum absolute atomic E-state index is 13.0. The van der Waals surface area contributed by atoms with Crippen LogP contribution in [0.25, 0.3) is 11.3 Å². The molecule has 1 aromatic carbocycles. The summed E-state index contributed by atoms with van der Waals surface area (Å²) in [6.07, 6.45) is 3.15. The third kappa shape index (κ3) is 2.29. The number of amides is 1. The van der Waals surface area contributed by atoms with Gasteiger partial charge in [-0.05, 0) is 42.0 Å². The summed E-state index contributed by atoms with van der Waals surface area (Å²) in [5, 5.41) is 3.43. The maximum Gasteiger partial charge on any atom is 0.272 e. The molecular weight excluding hydrogens is 366 g/mol. The highest BCUT2D eigenvalue weighted by atomic mass is 32.2. The van der Waals surface area contributed by atoms with Crippen molar-refractivity contribution in [2.45, 2.75) is 16.1 Å². The molecule has 1 fully saturated rings. The van der Waals surface area contributed by atoms with Crippen LogP contribution >= 0.6 is 0 Å². The molecule has 4 heterocycles.